The molecule has 4 aromatic rings. The lowest BCUT2D eigenvalue weighted by molar-refractivity contribution is 0.102. The largest absolute Gasteiger partial charge is 0.493 e. The molecule has 0 radical (unpaired) electrons. The molecule has 1 aliphatic carbocycles. The number of aryl methyl sites for hydroxylation is 1. The first-order valence-corrected chi connectivity index (χ1v) is 11.6. The van der Waals surface area contributed by atoms with Crippen molar-refractivity contribution in [2.75, 3.05) is 19.5 Å². The summed E-state index contributed by atoms with van der Waals surface area (Å²) >= 11 is 0. The van der Waals surface area contributed by atoms with Gasteiger partial charge in [0.15, 0.2) is 11.5 Å². The first-order valence-electron chi connectivity index (χ1n) is 11.6. The number of nitrogens with one attached hydrogen (secondary N) is 1. The molecule has 35 heavy (non-hydrogen) atoms. The van der Waals surface area contributed by atoms with Crippen molar-refractivity contribution in [3.8, 4) is 28.6 Å². The van der Waals surface area contributed by atoms with Crippen LogP contribution < -0.4 is 14.8 Å². The van der Waals surface area contributed by atoms with Crippen LogP contribution in [-0.2, 0) is 0 Å². The number of nitrogens with zero attached hydrogens (tertiary/aromatic N) is 4. The molecule has 5 rings (SSSR count). The molecule has 0 atom stereocenters. The number of benzene rings is 2. The maximum absolute atomic E-state index is 12.9. The topological polar surface area (TPSA) is 104 Å². The van der Waals surface area contributed by atoms with Crippen LogP contribution >= 0.6 is 0 Å². The predicted octanol–water partition coefficient (Wildman–Crippen LogP) is 5.16. The molecule has 1 N–H and O–H groups in total. The average Bonchev–Trinajstić information content (AvgIpc) is 3.64. The van der Waals surface area contributed by atoms with E-state index in [1.54, 1.807) is 50.2 Å². The minimum absolute atomic E-state index is 0.260. The van der Waals surface area contributed by atoms with Gasteiger partial charge in [0.1, 0.15) is 0 Å². The number of carbonyl (C=O) groups is 1. The van der Waals surface area contributed by atoms with Crippen LogP contribution in [0.4, 0.5) is 5.69 Å². The fourth-order valence-corrected chi connectivity index (χ4v) is 4.38. The highest BCUT2D eigenvalue weighted by molar-refractivity contribution is 6.05. The molecule has 1 fully saturated rings. The highest BCUT2D eigenvalue weighted by Crippen LogP contribution is 2.34. The van der Waals surface area contributed by atoms with Crippen LogP contribution in [0.3, 0.4) is 0 Å². The summed E-state index contributed by atoms with van der Waals surface area (Å²) in [6.45, 7) is 1.80. The van der Waals surface area contributed by atoms with Crippen molar-refractivity contribution >= 4 is 11.6 Å². The second kappa shape index (κ2) is 9.61. The Morgan fingerprint density at radius 3 is 2.51 bits per heavy atom. The van der Waals surface area contributed by atoms with Gasteiger partial charge in [0, 0.05) is 29.4 Å². The molecule has 0 saturated heterocycles. The highest BCUT2D eigenvalue weighted by Gasteiger charge is 2.23. The lowest BCUT2D eigenvalue weighted by atomic mass is 10.1. The number of amides is 1. The second-order valence-electron chi connectivity index (χ2n) is 8.58. The van der Waals surface area contributed by atoms with Gasteiger partial charge in [-0.25, -0.2) is 4.68 Å². The van der Waals surface area contributed by atoms with Crippen LogP contribution in [-0.4, -0.2) is 40.0 Å². The molecule has 0 aliphatic heterocycles. The van der Waals surface area contributed by atoms with Gasteiger partial charge in [-0.15, -0.1) is 0 Å². The van der Waals surface area contributed by atoms with Crippen LogP contribution in [0.15, 0.2) is 53.2 Å². The third kappa shape index (κ3) is 4.62. The van der Waals surface area contributed by atoms with E-state index in [-0.39, 0.29) is 5.91 Å². The molecule has 1 aliphatic rings. The average molecular weight is 474 g/mol. The molecule has 2 aromatic carbocycles. The number of aromatic nitrogens is 4. The lowest BCUT2D eigenvalue weighted by Gasteiger charge is -2.10. The molecule has 9 heteroatoms. The van der Waals surface area contributed by atoms with Gasteiger partial charge in [-0.05, 0) is 56.2 Å². The monoisotopic (exact) mass is 473 g/mol. The SMILES string of the molecule is COc1ccc(NC(=O)c2cn(-c3ccc(-c4noc(C5CCCC5)n4)cc3)nc2C)cc1OC. The van der Waals surface area contributed by atoms with E-state index >= 15 is 0 Å². The summed E-state index contributed by atoms with van der Waals surface area (Å²) in [4.78, 5) is 17.5. The number of methoxy groups -OCH3 is 2. The Balaban J connectivity index is 1.31. The van der Waals surface area contributed by atoms with E-state index in [0.29, 0.717) is 40.2 Å². The third-order valence-electron chi connectivity index (χ3n) is 6.32. The van der Waals surface area contributed by atoms with E-state index < -0.39 is 0 Å². The Bertz CT molecular complexity index is 1340. The van der Waals surface area contributed by atoms with Crippen LogP contribution in [0.5, 0.6) is 11.5 Å². The number of hydrogen-bond donors (Lipinski definition) is 1. The van der Waals surface area contributed by atoms with Gasteiger partial charge >= 0.3 is 0 Å². The molecular formula is C26H27N5O4. The van der Waals surface area contributed by atoms with E-state index in [4.69, 9.17) is 14.0 Å². The van der Waals surface area contributed by atoms with Gasteiger partial charge in [-0.2, -0.15) is 10.1 Å². The molecule has 2 aromatic heterocycles. The Morgan fingerprint density at radius 2 is 1.80 bits per heavy atom. The summed E-state index contributed by atoms with van der Waals surface area (Å²) in [5.41, 5.74) is 3.38. The molecule has 0 bridgehead atoms. The van der Waals surface area contributed by atoms with Crippen molar-refractivity contribution in [3.63, 3.8) is 0 Å². The van der Waals surface area contributed by atoms with Crippen molar-refractivity contribution < 1.29 is 18.8 Å². The van der Waals surface area contributed by atoms with Crippen molar-refractivity contribution in [1.29, 1.82) is 0 Å². The van der Waals surface area contributed by atoms with Gasteiger partial charge in [0.05, 0.1) is 31.2 Å². The number of rotatable bonds is 7. The molecular weight excluding hydrogens is 446 g/mol. The number of ether oxygens (including phenoxy) is 2. The van der Waals surface area contributed by atoms with E-state index in [9.17, 15) is 4.79 Å². The Hall–Kier alpha value is -4.14. The summed E-state index contributed by atoms with van der Waals surface area (Å²) in [6, 6.07) is 12.9. The molecule has 2 heterocycles. The minimum atomic E-state index is -0.260. The molecule has 1 saturated carbocycles. The standard InChI is InChI=1S/C26H27N5O4/c1-16-21(25(32)27-19-10-13-22(33-2)23(14-19)34-3)15-31(29-16)20-11-8-17(9-12-20)24-28-26(35-30-24)18-6-4-5-7-18/h8-15,18H,4-7H2,1-3H3,(H,27,32). The van der Waals surface area contributed by atoms with Crippen LogP contribution in [0.1, 0.15) is 53.5 Å². The summed E-state index contributed by atoms with van der Waals surface area (Å²) in [6.07, 6.45) is 6.37. The third-order valence-corrected chi connectivity index (χ3v) is 6.32. The highest BCUT2D eigenvalue weighted by atomic mass is 16.5. The van der Waals surface area contributed by atoms with Crippen LogP contribution in [0, 0.1) is 6.92 Å². The van der Waals surface area contributed by atoms with Crippen molar-refractivity contribution in [1.82, 2.24) is 19.9 Å². The quantitative estimate of drug-likeness (QED) is 0.395. The Labute approximate surface area is 203 Å². The van der Waals surface area contributed by atoms with E-state index in [2.05, 4.69) is 20.6 Å². The fraction of sp³-hybridized carbons (Fsp3) is 0.308. The Morgan fingerprint density at radius 1 is 1.06 bits per heavy atom. The normalized spacial score (nSPS) is 13.7. The summed E-state index contributed by atoms with van der Waals surface area (Å²) < 4.78 is 17.7. The predicted molar refractivity (Wildman–Crippen MR) is 130 cm³/mol. The maximum Gasteiger partial charge on any atom is 0.259 e. The van der Waals surface area contributed by atoms with Crippen molar-refractivity contribution in [2.45, 2.75) is 38.5 Å². The van der Waals surface area contributed by atoms with Gasteiger partial charge in [-0.3, -0.25) is 4.79 Å². The smallest absolute Gasteiger partial charge is 0.259 e. The summed E-state index contributed by atoms with van der Waals surface area (Å²) in [7, 11) is 3.12. The van der Waals surface area contributed by atoms with E-state index in [1.807, 2.05) is 24.3 Å². The van der Waals surface area contributed by atoms with Crippen LogP contribution in [0.25, 0.3) is 17.1 Å². The van der Waals surface area contributed by atoms with Crippen LogP contribution in [0.2, 0.25) is 0 Å². The minimum Gasteiger partial charge on any atom is -0.493 e. The molecule has 0 spiro atoms. The maximum atomic E-state index is 12.9. The zero-order valence-electron chi connectivity index (χ0n) is 19.9. The number of carbonyl (C=O) groups excluding carboxylic acids is 1. The number of anilines is 1. The summed E-state index contributed by atoms with van der Waals surface area (Å²) in [5.74, 6) is 2.57. The molecule has 9 nitrogen and oxygen atoms in total. The second-order valence-corrected chi connectivity index (χ2v) is 8.58. The molecule has 180 valence electrons. The van der Waals surface area contributed by atoms with E-state index in [0.717, 1.165) is 30.0 Å². The first-order chi connectivity index (χ1) is 17.1. The lowest BCUT2D eigenvalue weighted by Crippen LogP contribution is -2.12. The van der Waals surface area contributed by atoms with Gasteiger partial charge in [-0.1, -0.05) is 18.0 Å². The summed E-state index contributed by atoms with van der Waals surface area (Å²) in [5, 5.41) is 11.6. The molecule has 1 amide bonds. The molecule has 0 unspecified atom stereocenters. The van der Waals surface area contributed by atoms with E-state index in [1.165, 1.54) is 12.8 Å². The number of hydrogen-bond acceptors (Lipinski definition) is 7. The zero-order chi connectivity index (χ0) is 24.4. The van der Waals surface area contributed by atoms with Gasteiger partial charge in [0.2, 0.25) is 11.7 Å². The van der Waals surface area contributed by atoms with Crippen molar-refractivity contribution in [3.05, 3.63) is 65.8 Å². The van der Waals surface area contributed by atoms with Gasteiger partial charge in [0.25, 0.3) is 5.91 Å². The first kappa shape index (κ1) is 22.6. The zero-order valence-corrected chi connectivity index (χ0v) is 19.9. The fourth-order valence-electron chi connectivity index (χ4n) is 4.38. The Kier molecular flexibility index (Phi) is 6.22. The van der Waals surface area contributed by atoms with Gasteiger partial charge < -0.3 is 19.3 Å². The van der Waals surface area contributed by atoms with Crippen molar-refractivity contribution in [2.24, 2.45) is 0 Å².